The summed E-state index contributed by atoms with van der Waals surface area (Å²) in [6.07, 6.45) is 0.464. The van der Waals surface area contributed by atoms with Crippen LogP contribution in [0.3, 0.4) is 0 Å². The molecule has 0 unspecified atom stereocenters. The molecule has 3 aromatic rings. The molecule has 200 valence electrons. The van der Waals surface area contributed by atoms with Gasteiger partial charge in [-0.25, -0.2) is 23.2 Å². The van der Waals surface area contributed by atoms with Gasteiger partial charge in [-0.2, -0.15) is 0 Å². The normalized spacial score (nSPS) is 13.3. The van der Waals surface area contributed by atoms with E-state index in [1.54, 1.807) is 63.2 Å². The van der Waals surface area contributed by atoms with Gasteiger partial charge in [0.1, 0.15) is 5.60 Å². The maximum Gasteiger partial charge on any atom is 0.429 e. The lowest BCUT2D eigenvalue weighted by Crippen LogP contribution is -2.48. The third-order valence-electron chi connectivity index (χ3n) is 5.83. The summed E-state index contributed by atoms with van der Waals surface area (Å²) >= 11 is 6.03. The van der Waals surface area contributed by atoms with Gasteiger partial charge in [-0.1, -0.05) is 41.9 Å². The molecule has 0 bridgehead atoms. The van der Waals surface area contributed by atoms with Crippen molar-refractivity contribution in [3.8, 4) is 11.1 Å². The molecule has 1 heterocycles. The lowest BCUT2D eigenvalue weighted by molar-refractivity contribution is -0.0428. The molecule has 0 aromatic heterocycles. The average molecular weight is 556 g/mol. The van der Waals surface area contributed by atoms with Gasteiger partial charge in [0.2, 0.25) is 10.0 Å². The fraction of sp³-hybridized carbons (Fsp3) is 0.286. The van der Waals surface area contributed by atoms with Crippen LogP contribution in [0.25, 0.3) is 11.1 Å². The molecule has 2 amide bonds. The summed E-state index contributed by atoms with van der Waals surface area (Å²) in [7, 11) is -3.43. The van der Waals surface area contributed by atoms with Crippen molar-refractivity contribution in [1.29, 1.82) is 0 Å². The van der Waals surface area contributed by atoms with Crippen molar-refractivity contribution in [1.82, 2.24) is 10.0 Å². The number of hydrazine groups is 1. The summed E-state index contributed by atoms with van der Waals surface area (Å²) in [6, 6.07) is 17.9. The van der Waals surface area contributed by atoms with E-state index < -0.39 is 21.7 Å². The van der Waals surface area contributed by atoms with Crippen LogP contribution in [0, 0.1) is 6.92 Å². The Labute approximate surface area is 228 Å². The maximum atomic E-state index is 13.6. The van der Waals surface area contributed by atoms with Crippen molar-refractivity contribution in [3.05, 3.63) is 87.9 Å². The predicted octanol–water partition coefficient (Wildman–Crippen LogP) is 6.00. The maximum absolute atomic E-state index is 13.6. The third-order valence-corrected chi connectivity index (χ3v) is 6.68. The van der Waals surface area contributed by atoms with E-state index in [0.717, 1.165) is 34.1 Å². The zero-order chi connectivity index (χ0) is 27.8. The van der Waals surface area contributed by atoms with E-state index in [2.05, 4.69) is 4.72 Å². The average Bonchev–Trinajstić information content (AvgIpc) is 3.13. The number of fused-ring (bicyclic) bond motifs is 1. The number of carbonyl (C=O) groups excluding carboxylic acids is 2. The number of ether oxygens (including phenoxy) is 1. The molecular formula is C28H30ClN3O5S. The van der Waals surface area contributed by atoms with Crippen LogP contribution in [0.1, 0.15) is 47.8 Å². The van der Waals surface area contributed by atoms with Crippen molar-refractivity contribution in [2.45, 2.75) is 46.4 Å². The van der Waals surface area contributed by atoms with Crippen LogP contribution in [-0.4, -0.2) is 42.3 Å². The molecule has 3 aromatic carbocycles. The number of aryl methyl sites for hydroxylation is 1. The van der Waals surface area contributed by atoms with Crippen LogP contribution in [0.4, 0.5) is 10.5 Å². The van der Waals surface area contributed by atoms with Gasteiger partial charge in [-0.15, -0.1) is 0 Å². The van der Waals surface area contributed by atoms with E-state index in [4.69, 9.17) is 16.3 Å². The van der Waals surface area contributed by atoms with Crippen molar-refractivity contribution in [2.24, 2.45) is 0 Å². The summed E-state index contributed by atoms with van der Waals surface area (Å²) in [5.41, 5.74) is 4.15. The van der Waals surface area contributed by atoms with Crippen LogP contribution >= 0.6 is 11.6 Å². The quantitative estimate of drug-likeness (QED) is 0.403. The number of carbonyl (C=O) groups is 2. The molecule has 38 heavy (non-hydrogen) atoms. The minimum atomic E-state index is -3.43. The highest BCUT2D eigenvalue weighted by molar-refractivity contribution is 7.92. The Bertz CT molecular complexity index is 1500. The number of hydrogen-bond acceptors (Lipinski definition) is 5. The highest BCUT2D eigenvalue weighted by atomic mass is 35.5. The first-order valence-electron chi connectivity index (χ1n) is 12.0. The summed E-state index contributed by atoms with van der Waals surface area (Å²) < 4.78 is 31.5. The summed E-state index contributed by atoms with van der Waals surface area (Å²) in [5.74, 6) is -0.295. The number of rotatable bonds is 6. The molecule has 8 nitrogen and oxygen atoms in total. The van der Waals surface area contributed by atoms with Crippen molar-refractivity contribution >= 4 is 39.3 Å². The lowest BCUT2D eigenvalue weighted by atomic mass is 9.96. The van der Waals surface area contributed by atoms with Gasteiger partial charge in [0.15, 0.2) is 0 Å². The van der Waals surface area contributed by atoms with Crippen molar-refractivity contribution in [2.75, 3.05) is 11.0 Å². The third kappa shape index (κ3) is 6.46. The van der Waals surface area contributed by atoms with Gasteiger partial charge in [-0.3, -0.25) is 9.52 Å². The largest absolute Gasteiger partial charge is 0.442 e. The molecule has 0 radical (unpaired) electrons. The van der Waals surface area contributed by atoms with Crippen LogP contribution in [0.2, 0.25) is 5.02 Å². The zero-order valence-electron chi connectivity index (χ0n) is 21.9. The number of nitrogens with one attached hydrogen (secondary N) is 1. The molecule has 0 spiro atoms. The van der Waals surface area contributed by atoms with E-state index >= 15 is 0 Å². The second-order valence-corrected chi connectivity index (χ2v) is 12.5. The number of hydrogen-bond donors (Lipinski definition) is 1. The van der Waals surface area contributed by atoms with Crippen LogP contribution in [0.5, 0.6) is 0 Å². The molecule has 0 saturated carbocycles. The molecule has 4 rings (SSSR count). The smallest absolute Gasteiger partial charge is 0.429 e. The number of benzene rings is 3. The first kappa shape index (κ1) is 27.5. The minimum Gasteiger partial charge on any atom is -0.442 e. The number of amides is 2. The topological polar surface area (TPSA) is 96.0 Å². The van der Waals surface area contributed by atoms with Gasteiger partial charge in [0.25, 0.3) is 5.91 Å². The number of halogens is 1. The van der Waals surface area contributed by atoms with Crippen LogP contribution < -0.4 is 4.72 Å². The number of sulfonamides is 1. The molecule has 0 saturated heterocycles. The second-order valence-electron chi connectivity index (χ2n) is 10.3. The molecule has 0 fully saturated rings. The monoisotopic (exact) mass is 555 g/mol. The van der Waals surface area contributed by atoms with Crippen LogP contribution in [0.15, 0.2) is 60.7 Å². The molecule has 0 aliphatic carbocycles. The van der Waals surface area contributed by atoms with Crippen LogP contribution in [-0.2, 0) is 27.8 Å². The molecule has 10 heteroatoms. The molecule has 1 aliphatic heterocycles. The van der Waals surface area contributed by atoms with Gasteiger partial charge in [-0.05, 0) is 85.8 Å². The Morgan fingerprint density at radius 3 is 2.39 bits per heavy atom. The van der Waals surface area contributed by atoms with Gasteiger partial charge in [0.05, 0.1) is 19.3 Å². The molecular weight excluding hydrogens is 526 g/mol. The number of anilines is 1. The highest BCUT2D eigenvalue weighted by Gasteiger charge is 2.37. The van der Waals surface area contributed by atoms with Gasteiger partial charge >= 0.3 is 6.09 Å². The van der Waals surface area contributed by atoms with E-state index in [9.17, 15) is 18.0 Å². The van der Waals surface area contributed by atoms with Crippen molar-refractivity contribution < 1.29 is 22.7 Å². The lowest BCUT2D eigenvalue weighted by Gasteiger charge is -2.33. The standard InChI is InChI=1S/C28H30ClN3O5S/c1-18-13-21(20-7-6-8-24(15-20)30-38(5,35)36)14-22-17-31(26(33)25(18)22)32(27(34)37-28(2,3)4)16-19-9-11-23(29)12-10-19/h6-15,30H,16-17H2,1-5H3. The minimum absolute atomic E-state index is 0.122. The molecule has 1 N–H and O–H groups in total. The van der Waals surface area contributed by atoms with Gasteiger partial charge in [0, 0.05) is 16.3 Å². The predicted molar refractivity (Wildman–Crippen MR) is 148 cm³/mol. The summed E-state index contributed by atoms with van der Waals surface area (Å²) in [5, 5.41) is 3.31. The summed E-state index contributed by atoms with van der Waals surface area (Å²) in [4.78, 5) is 26.9. The zero-order valence-corrected chi connectivity index (χ0v) is 23.5. The fourth-order valence-electron chi connectivity index (χ4n) is 4.32. The Kier molecular flexibility index (Phi) is 7.45. The Morgan fingerprint density at radius 1 is 1.08 bits per heavy atom. The molecule has 0 atom stereocenters. The van der Waals surface area contributed by atoms with Crippen molar-refractivity contribution in [3.63, 3.8) is 0 Å². The Morgan fingerprint density at radius 2 is 1.76 bits per heavy atom. The van der Waals surface area contributed by atoms with E-state index in [-0.39, 0.29) is 19.0 Å². The fourth-order valence-corrected chi connectivity index (χ4v) is 5.00. The Balaban J connectivity index is 1.68. The highest BCUT2D eigenvalue weighted by Crippen LogP contribution is 2.34. The van der Waals surface area contributed by atoms with E-state index in [1.807, 2.05) is 25.1 Å². The van der Waals surface area contributed by atoms with Gasteiger partial charge < -0.3 is 4.74 Å². The summed E-state index contributed by atoms with van der Waals surface area (Å²) in [6.45, 7) is 7.46. The molecule has 1 aliphatic rings. The second kappa shape index (κ2) is 10.3. The first-order valence-corrected chi connectivity index (χ1v) is 14.3. The number of nitrogens with zero attached hydrogens (tertiary/aromatic N) is 2. The first-order chi connectivity index (χ1) is 17.7. The Hall–Kier alpha value is -3.56. The van der Waals surface area contributed by atoms with E-state index in [0.29, 0.717) is 16.3 Å². The van der Waals surface area contributed by atoms with E-state index in [1.165, 1.54) is 10.0 Å². The SMILES string of the molecule is Cc1cc(-c2cccc(NS(C)(=O)=O)c2)cc2c1C(=O)N(N(Cc1ccc(Cl)cc1)C(=O)OC(C)(C)C)C2.